The largest absolute Gasteiger partial charge is 0.378 e. The molecule has 142 valence electrons. The number of ether oxygens (including phenoxy) is 1. The fourth-order valence-electron chi connectivity index (χ4n) is 3.80. The highest BCUT2D eigenvalue weighted by Gasteiger charge is 2.53. The fourth-order valence-corrected chi connectivity index (χ4v) is 3.80. The summed E-state index contributed by atoms with van der Waals surface area (Å²) in [5.74, 6) is 1.99. The average Bonchev–Trinajstić information content (AvgIpc) is 3.07. The molecule has 0 bridgehead atoms. The van der Waals surface area contributed by atoms with Crippen LogP contribution in [0.1, 0.15) is 71.3 Å². The molecule has 2 atom stereocenters. The average molecular weight is 351 g/mol. The van der Waals surface area contributed by atoms with Crippen molar-refractivity contribution in [3.63, 3.8) is 0 Å². The molecule has 0 aromatic carbocycles. The third-order valence-electron chi connectivity index (χ3n) is 5.60. The Morgan fingerprint density at radius 1 is 1.40 bits per heavy atom. The van der Waals surface area contributed by atoms with E-state index in [1.807, 2.05) is 6.07 Å². The molecule has 1 saturated carbocycles. The number of hydrogen-bond donors (Lipinski definition) is 2. The molecule has 2 N–H and O–H groups in total. The summed E-state index contributed by atoms with van der Waals surface area (Å²) >= 11 is 0. The fraction of sp³-hybridized carbons (Fsp3) is 0.789. The maximum Gasteiger partial charge on any atom is 0.191 e. The Kier molecular flexibility index (Phi) is 6.87. The van der Waals surface area contributed by atoms with Gasteiger partial charge in [-0.2, -0.15) is 0 Å². The van der Waals surface area contributed by atoms with Gasteiger partial charge in [0, 0.05) is 31.2 Å². The lowest BCUT2D eigenvalue weighted by atomic mass is 9.58. The van der Waals surface area contributed by atoms with E-state index in [0.29, 0.717) is 24.6 Å². The Hall–Kier alpha value is -1.56. The topological polar surface area (TPSA) is 71.7 Å². The van der Waals surface area contributed by atoms with Gasteiger partial charge in [0.15, 0.2) is 11.7 Å². The van der Waals surface area contributed by atoms with E-state index in [1.54, 1.807) is 7.05 Å². The van der Waals surface area contributed by atoms with Crippen molar-refractivity contribution in [3.8, 4) is 0 Å². The van der Waals surface area contributed by atoms with E-state index in [4.69, 9.17) is 9.26 Å². The predicted molar refractivity (Wildman–Crippen MR) is 101 cm³/mol. The highest BCUT2D eigenvalue weighted by Crippen LogP contribution is 2.48. The number of guanidine groups is 1. The maximum absolute atomic E-state index is 5.95. The standard InChI is InChI=1S/C19H34N4O2/c1-7-19(8-2)16(11-17(19)24-9-3)22-18(20-6)21-12-14-10-15(13(4)5)23-25-14/h10,13,16-17H,7-9,11-12H2,1-6H3,(H2,20,21,22). The summed E-state index contributed by atoms with van der Waals surface area (Å²) in [5, 5.41) is 11.0. The molecular weight excluding hydrogens is 316 g/mol. The zero-order chi connectivity index (χ0) is 18.4. The summed E-state index contributed by atoms with van der Waals surface area (Å²) in [6.45, 7) is 12.1. The van der Waals surface area contributed by atoms with Gasteiger partial charge in [-0.05, 0) is 32.1 Å². The first-order valence-corrected chi connectivity index (χ1v) is 9.54. The van der Waals surface area contributed by atoms with Crippen LogP contribution in [0.25, 0.3) is 0 Å². The minimum absolute atomic E-state index is 0.185. The number of aromatic nitrogens is 1. The van der Waals surface area contributed by atoms with Gasteiger partial charge in [0.05, 0.1) is 18.3 Å². The molecule has 0 radical (unpaired) electrons. The Balaban J connectivity index is 1.93. The van der Waals surface area contributed by atoms with Crippen molar-refractivity contribution in [1.82, 2.24) is 15.8 Å². The van der Waals surface area contributed by atoms with E-state index in [0.717, 1.165) is 43.3 Å². The molecular formula is C19H34N4O2. The minimum Gasteiger partial charge on any atom is -0.378 e. The van der Waals surface area contributed by atoms with Crippen LogP contribution >= 0.6 is 0 Å². The van der Waals surface area contributed by atoms with Crippen LogP contribution in [0.15, 0.2) is 15.6 Å². The lowest BCUT2D eigenvalue weighted by Gasteiger charge is -2.55. The number of aliphatic imine (C=N–C) groups is 1. The van der Waals surface area contributed by atoms with Crippen LogP contribution in [0.5, 0.6) is 0 Å². The van der Waals surface area contributed by atoms with E-state index >= 15 is 0 Å². The molecule has 6 heteroatoms. The van der Waals surface area contributed by atoms with E-state index in [2.05, 4.69) is 55.4 Å². The van der Waals surface area contributed by atoms with Gasteiger partial charge in [-0.1, -0.05) is 32.9 Å². The minimum atomic E-state index is 0.185. The second-order valence-electron chi connectivity index (χ2n) is 7.12. The van der Waals surface area contributed by atoms with Gasteiger partial charge >= 0.3 is 0 Å². The number of rotatable bonds is 8. The number of nitrogens with one attached hydrogen (secondary N) is 2. The van der Waals surface area contributed by atoms with Crippen LogP contribution in [0.4, 0.5) is 0 Å². The van der Waals surface area contributed by atoms with Crippen molar-refractivity contribution in [3.05, 3.63) is 17.5 Å². The summed E-state index contributed by atoms with van der Waals surface area (Å²) in [6, 6.07) is 2.38. The quantitative estimate of drug-likeness (QED) is 0.555. The van der Waals surface area contributed by atoms with Crippen molar-refractivity contribution in [2.45, 2.75) is 78.5 Å². The number of hydrogen-bond acceptors (Lipinski definition) is 4. The van der Waals surface area contributed by atoms with Crippen molar-refractivity contribution < 1.29 is 9.26 Å². The van der Waals surface area contributed by atoms with Gasteiger partial charge in [0.1, 0.15) is 0 Å². The normalized spacial score (nSPS) is 22.8. The first-order valence-electron chi connectivity index (χ1n) is 9.54. The molecule has 2 unspecified atom stereocenters. The zero-order valence-electron chi connectivity index (χ0n) is 16.6. The summed E-state index contributed by atoms with van der Waals surface area (Å²) in [6.07, 6.45) is 3.56. The van der Waals surface area contributed by atoms with E-state index < -0.39 is 0 Å². The van der Waals surface area contributed by atoms with Crippen LogP contribution < -0.4 is 10.6 Å². The second-order valence-corrected chi connectivity index (χ2v) is 7.12. The second kappa shape index (κ2) is 8.70. The first kappa shape index (κ1) is 19.8. The maximum atomic E-state index is 5.95. The highest BCUT2D eigenvalue weighted by atomic mass is 16.5. The van der Waals surface area contributed by atoms with Crippen LogP contribution in [-0.4, -0.2) is 36.9 Å². The molecule has 1 aliphatic carbocycles. The molecule has 1 aliphatic rings. The van der Waals surface area contributed by atoms with Crippen molar-refractivity contribution in [2.24, 2.45) is 10.4 Å². The van der Waals surface area contributed by atoms with Crippen LogP contribution in [0.3, 0.4) is 0 Å². The molecule has 0 aliphatic heterocycles. The van der Waals surface area contributed by atoms with Gasteiger partial charge in [0.25, 0.3) is 0 Å². The molecule has 0 saturated heterocycles. The van der Waals surface area contributed by atoms with Gasteiger partial charge in [-0.3, -0.25) is 4.99 Å². The summed E-state index contributed by atoms with van der Waals surface area (Å²) < 4.78 is 11.3. The monoisotopic (exact) mass is 350 g/mol. The van der Waals surface area contributed by atoms with Gasteiger partial charge in [0.2, 0.25) is 0 Å². The smallest absolute Gasteiger partial charge is 0.191 e. The number of nitrogens with zero attached hydrogens (tertiary/aromatic N) is 2. The van der Waals surface area contributed by atoms with Crippen molar-refractivity contribution in [1.29, 1.82) is 0 Å². The molecule has 2 rings (SSSR count). The van der Waals surface area contributed by atoms with Crippen LogP contribution in [-0.2, 0) is 11.3 Å². The molecule has 0 spiro atoms. The molecule has 1 fully saturated rings. The summed E-state index contributed by atoms with van der Waals surface area (Å²) in [4.78, 5) is 4.36. The predicted octanol–water partition coefficient (Wildman–Crippen LogP) is 3.45. The Bertz CT molecular complexity index is 564. The van der Waals surface area contributed by atoms with Gasteiger partial charge in [-0.15, -0.1) is 0 Å². The molecule has 1 aromatic heterocycles. The van der Waals surface area contributed by atoms with E-state index in [-0.39, 0.29) is 5.41 Å². The zero-order valence-corrected chi connectivity index (χ0v) is 16.6. The Morgan fingerprint density at radius 3 is 2.64 bits per heavy atom. The lowest BCUT2D eigenvalue weighted by Crippen LogP contribution is -2.65. The Morgan fingerprint density at radius 2 is 2.12 bits per heavy atom. The third kappa shape index (κ3) is 4.17. The SMILES string of the molecule is CCOC1CC(NC(=NC)NCc2cc(C(C)C)no2)C1(CC)CC. The van der Waals surface area contributed by atoms with E-state index in [1.165, 1.54) is 0 Å². The first-order chi connectivity index (χ1) is 12.0. The van der Waals surface area contributed by atoms with Crippen LogP contribution in [0, 0.1) is 5.41 Å². The van der Waals surface area contributed by atoms with Crippen molar-refractivity contribution >= 4 is 5.96 Å². The summed E-state index contributed by atoms with van der Waals surface area (Å²) in [7, 11) is 1.80. The van der Waals surface area contributed by atoms with Gasteiger partial charge in [-0.25, -0.2) is 0 Å². The Labute approximate surface area is 151 Å². The van der Waals surface area contributed by atoms with Crippen molar-refractivity contribution in [2.75, 3.05) is 13.7 Å². The molecule has 1 heterocycles. The third-order valence-corrected chi connectivity index (χ3v) is 5.60. The van der Waals surface area contributed by atoms with E-state index in [9.17, 15) is 0 Å². The van der Waals surface area contributed by atoms with Gasteiger partial charge < -0.3 is 19.9 Å². The lowest BCUT2D eigenvalue weighted by molar-refractivity contribution is -0.133. The highest BCUT2D eigenvalue weighted by molar-refractivity contribution is 5.80. The molecule has 1 aromatic rings. The molecule has 0 amide bonds. The summed E-state index contributed by atoms with van der Waals surface area (Å²) in [5.41, 5.74) is 1.17. The molecule has 25 heavy (non-hydrogen) atoms. The van der Waals surface area contributed by atoms with Crippen LogP contribution in [0.2, 0.25) is 0 Å². The molecule has 6 nitrogen and oxygen atoms in total.